The molecular formula is C24H31N5O2. The molecule has 31 heavy (non-hydrogen) atoms. The highest BCUT2D eigenvalue weighted by atomic mass is 16.2. The van der Waals surface area contributed by atoms with E-state index in [2.05, 4.69) is 29.5 Å². The molecule has 1 fully saturated rings. The molecule has 0 spiro atoms. The first kappa shape index (κ1) is 21.3. The Morgan fingerprint density at radius 3 is 2.94 bits per heavy atom. The Morgan fingerprint density at radius 1 is 1.26 bits per heavy atom. The second-order valence-corrected chi connectivity index (χ2v) is 8.80. The standard InChI is InChI=1S/C24H31N5O2/c1-17(2)15-25-13-11-18-7-6-14-28(16-18)24(31)29-21-10-4-3-8-19(21)23(30)27-20-9-5-12-26-22(20)29/h3-5,8-10,12,17-18,25H,6-7,11,13-16H2,1-2H3,(H,27,30). The van der Waals surface area contributed by atoms with Crippen molar-refractivity contribution in [1.82, 2.24) is 15.2 Å². The fraction of sp³-hybridized carbons (Fsp3) is 0.458. The van der Waals surface area contributed by atoms with Crippen LogP contribution in [0.2, 0.25) is 0 Å². The molecule has 1 aromatic carbocycles. The van der Waals surface area contributed by atoms with Gasteiger partial charge in [0.15, 0.2) is 5.82 Å². The lowest BCUT2D eigenvalue weighted by molar-refractivity contribution is 0.102. The number of aromatic nitrogens is 1. The van der Waals surface area contributed by atoms with Crippen molar-refractivity contribution in [2.45, 2.75) is 33.1 Å². The summed E-state index contributed by atoms with van der Waals surface area (Å²) in [5.41, 5.74) is 1.59. The number of benzene rings is 1. The van der Waals surface area contributed by atoms with E-state index in [4.69, 9.17) is 0 Å². The molecule has 1 aromatic heterocycles. The van der Waals surface area contributed by atoms with Crippen LogP contribution in [0, 0.1) is 11.8 Å². The Hall–Kier alpha value is -2.93. The Morgan fingerprint density at radius 2 is 2.10 bits per heavy atom. The van der Waals surface area contributed by atoms with E-state index in [1.54, 1.807) is 29.3 Å². The predicted molar refractivity (Wildman–Crippen MR) is 123 cm³/mol. The summed E-state index contributed by atoms with van der Waals surface area (Å²) in [7, 11) is 0. The van der Waals surface area contributed by atoms with Crippen LogP contribution < -0.4 is 15.5 Å². The fourth-order valence-corrected chi connectivity index (χ4v) is 4.34. The van der Waals surface area contributed by atoms with Crippen molar-refractivity contribution in [2.24, 2.45) is 11.8 Å². The molecule has 7 heteroatoms. The van der Waals surface area contributed by atoms with E-state index in [0.717, 1.165) is 45.4 Å². The highest BCUT2D eigenvalue weighted by Gasteiger charge is 2.34. The van der Waals surface area contributed by atoms with E-state index >= 15 is 0 Å². The third kappa shape index (κ3) is 4.71. The van der Waals surface area contributed by atoms with Crippen LogP contribution in [0.1, 0.15) is 43.5 Å². The molecule has 7 nitrogen and oxygen atoms in total. The number of hydrogen-bond donors (Lipinski definition) is 2. The van der Waals surface area contributed by atoms with Gasteiger partial charge in [-0.25, -0.2) is 14.7 Å². The van der Waals surface area contributed by atoms with Crippen molar-refractivity contribution in [3.8, 4) is 0 Å². The molecule has 0 bridgehead atoms. The molecule has 3 heterocycles. The topological polar surface area (TPSA) is 77.6 Å². The minimum Gasteiger partial charge on any atom is -0.324 e. The van der Waals surface area contributed by atoms with Crippen LogP contribution in [0.4, 0.5) is 22.0 Å². The molecule has 3 amide bonds. The van der Waals surface area contributed by atoms with Gasteiger partial charge in [-0.1, -0.05) is 26.0 Å². The van der Waals surface area contributed by atoms with Crippen LogP contribution in [0.25, 0.3) is 0 Å². The van der Waals surface area contributed by atoms with Crippen LogP contribution in [-0.2, 0) is 0 Å². The number of nitrogens with one attached hydrogen (secondary N) is 2. The highest BCUT2D eigenvalue weighted by molar-refractivity contribution is 6.16. The maximum Gasteiger partial charge on any atom is 0.330 e. The number of fused-ring (bicyclic) bond motifs is 2. The lowest BCUT2D eigenvalue weighted by Crippen LogP contribution is -2.46. The number of nitrogens with zero attached hydrogens (tertiary/aromatic N) is 3. The van der Waals surface area contributed by atoms with Gasteiger partial charge in [-0.3, -0.25) is 4.79 Å². The zero-order valence-corrected chi connectivity index (χ0v) is 18.3. The first-order chi connectivity index (χ1) is 15.0. The highest BCUT2D eigenvalue weighted by Crippen LogP contribution is 2.37. The SMILES string of the molecule is CC(C)CNCCC1CCCN(C(=O)N2c3ccccc3C(=O)Nc3cccnc32)C1. The number of carbonyl (C=O) groups is 2. The molecule has 1 saturated heterocycles. The average Bonchev–Trinajstić information content (AvgIpc) is 2.90. The Bertz CT molecular complexity index is 945. The lowest BCUT2D eigenvalue weighted by Gasteiger charge is -2.36. The van der Waals surface area contributed by atoms with E-state index in [1.165, 1.54) is 0 Å². The number of piperidine rings is 1. The van der Waals surface area contributed by atoms with E-state index < -0.39 is 0 Å². The van der Waals surface area contributed by atoms with Gasteiger partial charge in [-0.2, -0.15) is 0 Å². The summed E-state index contributed by atoms with van der Waals surface area (Å²) in [4.78, 5) is 34.5. The summed E-state index contributed by atoms with van der Waals surface area (Å²) >= 11 is 0. The largest absolute Gasteiger partial charge is 0.330 e. The Kier molecular flexibility index (Phi) is 6.51. The quantitative estimate of drug-likeness (QED) is 0.708. The monoisotopic (exact) mass is 421 g/mol. The normalized spacial score (nSPS) is 18.3. The summed E-state index contributed by atoms with van der Waals surface area (Å²) < 4.78 is 0. The molecule has 2 aliphatic rings. The third-order valence-corrected chi connectivity index (χ3v) is 5.90. The molecule has 164 valence electrons. The van der Waals surface area contributed by atoms with Gasteiger partial charge in [-0.05, 0) is 68.5 Å². The van der Waals surface area contributed by atoms with Crippen molar-refractivity contribution >= 4 is 29.1 Å². The number of rotatable bonds is 5. The van der Waals surface area contributed by atoms with Crippen LogP contribution in [0.3, 0.4) is 0 Å². The van der Waals surface area contributed by atoms with Crippen molar-refractivity contribution < 1.29 is 9.59 Å². The second kappa shape index (κ2) is 9.47. The molecule has 2 aliphatic heterocycles. The molecule has 4 rings (SSSR count). The van der Waals surface area contributed by atoms with Crippen LogP contribution in [0.15, 0.2) is 42.6 Å². The first-order valence-corrected chi connectivity index (χ1v) is 11.2. The third-order valence-electron chi connectivity index (χ3n) is 5.90. The van der Waals surface area contributed by atoms with Gasteiger partial charge in [0.25, 0.3) is 5.91 Å². The number of urea groups is 1. The van der Waals surface area contributed by atoms with E-state index in [0.29, 0.717) is 34.6 Å². The number of amides is 3. The van der Waals surface area contributed by atoms with E-state index in [9.17, 15) is 9.59 Å². The number of para-hydroxylation sites is 1. The Balaban J connectivity index is 1.56. The van der Waals surface area contributed by atoms with Gasteiger partial charge in [-0.15, -0.1) is 0 Å². The molecular weight excluding hydrogens is 390 g/mol. The van der Waals surface area contributed by atoms with Crippen molar-refractivity contribution in [3.63, 3.8) is 0 Å². The zero-order valence-electron chi connectivity index (χ0n) is 18.3. The van der Waals surface area contributed by atoms with Crippen LogP contribution in [-0.4, -0.2) is 48.0 Å². The lowest BCUT2D eigenvalue weighted by atomic mass is 9.95. The number of likely N-dealkylation sites (tertiary alicyclic amines) is 1. The van der Waals surface area contributed by atoms with Gasteiger partial charge >= 0.3 is 6.03 Å². The molecule has 2 N–H and O–H groups in total. The maximum absolute atomic E-state index is 13.8. The van der Waals surface area contributed by atoms with Gasteiger partial charge < -0.3 is 15.5 Å². The van der Waals surface area contributed by atoms with Crippen LogP contribution >= 0.6 is 0 Å². The predicted octanol–water partition coefficient (Wildman–Crippen LogP) is 4.25. The van der Waals surface area contributed by atoms with Gasteiger partial charge in [0, 0.05) is 19.3 Å². The number of anilines is 3. The zero-order chi connectivity index (χ0) is 21.8. The van der Waals surface area contributed by atoms with E-state index in [-0.39, 0.29) is 11.9 Å². The molecule has 0 saturated carbocycles. The number of hydrogen-bond acceptors (Lipinski definition) is 4. The molecule has 1 unspecified atom stereocenters. The second-order valence-electron chi connectivity index (χ2n) is 8.80. The van der Waals surface area contributed by atoms with Crippen LogP contribution in [0.5, 0.6) is 0 Å². The first-order valence-electron chi connectivity index (χ1n) is 11.2. The molecule has 2 aromatic rings. The van der Waals surface area contributed by atoms with Gasteiger partial charge in [0.2, 0.25) is 0 Å². The van der Waals surface area contributed by atoms with Crippen molar-refractivity contribution in [3.05, 3.63) is 48.2 Å². The fourth-order valence-electron chi connectivity index (χ4n) is 4.34. The van der Waals surface area contributed by atoms with Crippen molar-refractivity contribution in [1.29, 1.82) is 0 Å². The summed E-state index contributed by atoms with van der Waals surface area (Å²) in [6.07, 6.45) is 4.83. The molecule has 1 atom stereocenters. The van der Waals surface area contributed by atoms with Crippen molar-refractivity contribution in [2.75, 3.05) is 36.4 Å². The summed E-state index contributed by atoms with van der Waals surface area (Å²) in [5.74, 6) is 1.35. The minimum atomic E-state index is -0.229. The molecule has 0 aliphatic carbocycles. The van der Waals surface area contributed by atoms with Gasteiger partial charge in [0.05, 0.1) is 16.9 Å². The Labute approximate surface area is 183 Å². The maximum atomic E-state index is 13.8. The molecule has 0 radical (unpaired) electrons. The smallest absolute Gasteiger partial charge is 0.324 e. The number of pyridine rings is 1. The van der Waals surface area contributed by atoms with E-state index in [1.807, 2.05) is 23.1 Å². The van der Waals surface area contributed by atoms with Gasteiger partial charge in [0.1, 0.15) is 0 Å². The minimum absolute atomic E-state index is 0.122. The summed E-state index contributed by atoms with van der Waals surface area (Å²) in [5, 5.41) is 6.41. The number of carbonyl (C=O) groups excluding carboxylic acids is 2. The summed E-state index contributed by atoms with van der Waals surface area (Å²) in [6, 6.07) is 10.6. The summed E-state index contributed by atoms with van der Waals surface area (Å²) in [6.45, 7) is 7.85. The average molecular weight is 422 g/mol.